The fraction of sp³-hybridized carbons (Fsp3) is 1.00. The molecule has 0 aromatic heterocycles. The van der Waals surface area contributed by atoms with Gasteiger partial charge in [-0.05, 0) is 17.9 Å². The van der Waals surface area contributed by atoms with E-state index in [-0.39, 0.29) is 31.5 Å². The van der Waals surface area contributed by atoms with Gasteiger partial charge in [-0.2, -0.15) is 68.8 Å². The molecule has 0 radical (unpaired) electrons. The Labute approximate surface area is 165 Å². The van der Waals surface area contributed by atoms with Crippen molar-refractivity contribution in [3.63, 3.8) is 0 Å². The van der Waals surface area contributed by atoms with Gasteiger partial charge in [0.15, 0.2) is 0 Å². The van der Waals surface area contributed by atoms with Gasteiger partial charge >= 0.3 is 35.8 Å². The van der Waals surface area contributed by atoms with Gasteiger partial charge in [-0.15, -0.1) is 0 Å². The molecule has 180 valence electrons. The van der Waals surface area contributed by atoms with Crippen molar-refractivity contribution in [2.24, 2.45) is 0 Å². The Morgan fingerprint density at radius 2 is 1.23 bits per heavy atom. The number of rotatable bonds is 13. The van der Waals surface area contributed by atoms with Crippen molar-refractivity contribution in [1.82, 2.24) is 0 Å². The molecular weight excluding hydrogens is 479 g/mol. The van der Waals surface area contributed by atoms with Crippen LogP contribution in [0.1, 0.15) is 12.8 Å². The lowest BCUT2D eigenvalue weighted by atomic mass is 9.93. The molecule has 1 atom stereocenters. The maximum absolute atomic E-state index is 13.5. The first-order valence-corrected chi connectivity index (χ1v) is 9.21. The van der Waals surface area contributed by atoms with Crippen LogP contribution in [0.25, 0.3) is 0 Å². The Morgan fingerprint density at radius 1 is 0.733 bits per heavy atom. The minimum absolute atomic E-state index is 0.00583. The summed E-state index contributed by atoms with van der Waals surface area (Å²) in [7, 11) is 0. The summed E-state index contributed by atoms with van der Waals surface area (Å²) in [6.07, 6.45) is -9.41. The molecule has 1 aliphatic heterocycles. The number of ether oxygens (including phenoxy) is 2. The highest BCUT2D eigenvalue weighted by Crippen LogP contribution is 2.60. The first-order valence-electron chi connectivity index (χ1n) is 8.06. The number of halogens is 13. The van der Waals surface area contributed by atoms with Gasteiger partial charge in [0.25, 0.3) is 0 Å². The highest BCUT2D eigenvalue weighted by molar-refractivity contribution is 7.99. The van der Waals surface area contributed by atoms with E-state index in [4.69, 9.17) is 9.47 Å². The van der Waals surface area contributed by atoms with E-state index >= 15 is 0 Å². The van der Waals surface area contributed by atoms with Crippen LogP contribution in [-0.2, 0) is 9.47 Å². The van der Waals surface area contributed by atoms with Gasteiger partial charge < -0.3 is 9.47 Å². The van der Waals surface area contributed by atoms with E-state index in [0.29, 0.717) is 18.4 Å². The van der Waals surface area contributed by atoms with E-state index in [1.807, 2.05) is 0 Å². The summed E-state index contributed by atoms with van der Waals surface area (Å²) in [6, 6.07) is 0. The second kappa shape index (κ2) is 9.08. The lowest BCUT2D eigenvalue weighted by molar-refractivity contribution is -0.439. The van der Waals surface area contributed by atoms with Crippen molar-refractivity contribution in [1.29, 1.82) is 0 Å². The maximum atomic E-state index is 13.5. The topological polar surface area (TPSA) is 21.8 Å². The summed E-state index contributed by atoms with van der Waals surface area (Å²) >= 11 is 0.513. The molecule has 30 heavy (non-hydrogen) atoms. The van der Waals surface area contributed by atoms with Crippen LogP contribution in [0.5, 0.6) is 0 Å². The van der Waals surface area contributed by atoms with E-state index in [1.165, 1.54) is 0 Å². The van der Waals surface area contributed by atoms with Gasteiger partial charge in [0, 0.05) is 13.0 Å². The highest BCUT2D eigenvalue weighted by Gasteiger charge is 2.90. The minimum Gasteiger partial charge on any atom is -0.379 e. The van der Waals surface area contributed by atoms with Crippen molar-refractivity contribution in [2.45, 2.75) is 54.7 Å². The Morgan fingerprint density at radius 3 is 1.70 bits per heavy atom. The van der Waals surface area contributed by atoms with Gasteiger partial charge in [-0.25, -0.2) is 0 Å². The van der Waals surface area contributed by atoms with Crippen LogP contribution in [0.3, 0.4) is 0 Å². The number of hydrogen-bond acceptors (Lipinski definition) is 3. The molecule has 1 saturated heterocycles. The number of epoxide rings is 1. The number of hydrogen-bond donors (Lipinski definition) is 0. The van der Waals surface area contributed by atoms with E-state index < -0.39 is 48.0 Å². The Hall–Kier alpha value is -0.640. The smallest absolute Gasteiger partial charge is 0.379 e. The van der Waals surface area contributed by atoms with E-state index in [2.05, 4.69) is 0 Å². The van der Waals surface area contributed by atoms with E-state index in [9.17, 15) is 57.1 Å². The van der Waals surface area contributed by atoms with E-state index in [1.54, 1.807) is 0 Å². The Balaban J connectivity index is 2.70. The van der Waals surface area contributed by atoms with Crippen LogP contribution in [0.15, 0.2) is 0 Å². The van der Waals surface area contributed by atoms with Crippen LogP contribution in [0, 0.1) is 0 Å². The van der Waals surface area contributed by atoms with E-state index in [0.717, 1.165) is 0 Å². The average molecular weight is 494 g/mol. The zero-order chi connectivity index (χ0) is 23.6. The zero-order valence-corrected chi connectivity index (χ0v) is 15.5. The normalized spacial score (nSPS) is 19.3. The third-order valence-corrected chi connectivity index (χ3v) is 4.91. The van der Waals surface area contributed by atoms with Crippen LogP contribution in [-0.4, -0.2) is 73.2 Å². The molecule has 1 aliphatic rings. The molecule has 2 nitrogen and oxygen atoms in total. The summed E-state index contributed by atoms with van der Waals surface area (Å²) < 4.78 is 178. The molecule has 0 aliphatic carbocycles. The molecule has 1 heterocycles. The fourth-order valence-electron chi connectivity index (χ4n) is 1.90. The summed E-state index contributed by atoms with van der Waals surface area (Å²) in [6.45, 7) is 0.897. The number of thioether (sulfide) groups is 1. The number of alkyl halides is 13. The van der Waals surface area contributed by atoms with Crippen LogP contribution < -0.4 is 0 Å². The molecule has 1 unspecified atom stereocenters. The van der Waals surface area contributed by atoms with Gasteiger partial charge in [0.2, 0.25) is 0 Å². The van der Waals surface area contributed by atoms with Crippen molar-refractivity contribution < 1.29 is 66.5 Å². The third kappa shape index (κ3) is 5.40. The maximum Gasteiger partial charge on any atom is 0.460 e. The lowest BCUT2D eigenvalue weighted by Gasteiger charge is -2.39. The molecule has 0 aromatic rings. The predicted octanol–water partition coefficient (Wildman–Crippen LogP) is 5.65. The standard InChI is InChI=1S/C14H15F13O2S/c15-9(16,2-5-30-4-1-3-28-6-8-7-29-8)10(17,18)11(19,20)12(21,22)13(23,24)14(25,26)27/h8H,1-7H2. The van der Waals surface area contributed by atoms with Crippen molar-refractivity contribution in [3.8, 4) is 0 Å². The van der Waals surface area contributed by atoms with Gasteiger partial charge in [-0.1, -0.05) is 0 Å². The Kier molecular flexibility index (Phi) is 8.29. The van der Waals surface area contributed by atoms with Crippen LogP contribution >= 0.6 is 11.8 Å². The highest BCUT2D eigenvalue weighted by atomic mass is 32.2. The summed E-state index contributed by atoms with van der Waals surface area (Å²) in [4.78, 5) is 0. The zero-order valence-electron chi connectivity index (χ0n) is 14.7. The molecule has 0 aromatic carbocycles. The largest absolute Gasteiger partial charge is 0.460 e. The summed E-state index contributed by atoms with van der Waals surface area (Å²) in [5, 5.41) is 0. The quantitative estimate of drug-likeness (QED) is 0.188. The van der Waals surface area contributed by atoms with Crippen molar-refractivity contribution in [3.05, 3.63) is 0 Å². The van der Waals surface area contributed by atoms with Gasteiger partial charge in [0.1, 0.15) is 6.10 Å². The first-order chi connectivity index (χ1) is 13.3. The van der Waals surface area contributed by atoms with Crippen molar-refractivity contribution in [2.75, 3.05) is 31.3 Å². The monoisotopic (exact) mass is 494 g/mol. The predicted molar refractivity (Wildman–Crippen MR) is 77.9 cm³/mol. The fourth-order valence-corrected chi connectivity index (χ4v) is 2.83. The molecular formula is C14H15F13O2S. The molecule has 0 saturated carbocycles. The molecule has 1 rings (SSSR count). The average Bonchev–Trinajstić information content (AvgIpc) is 3.39. The molecule has 16 heteroatoms. The lowest BCUT2D eigenvalue weighted by Crippen LogP contribution is -2.70. The SMILES string of the molecule is FC(F)(F)C(F)(F)C(F)(F)C(F)(F)C(F)(F)C(F)(F)CCSCCCOCC1CO1. The van der Waals surface area contributed by atoms with Crippen molar-refractivity contribution >= 4 is 11.8 Å². The summed E-state index contributed by atoms with van der Waals surface area (Å²) in [5.74, 6) is -37.5. The molecule has 0 bridgehead atoms. The van der Waals surface area contributed by atoms with Gasteiger partial charge in [-0.3, -0.25) is 0 Å². The summed E-state index contributed by atoms with van der Waals surface area (Å²) in [5.41, 5.74) is 0. The second-order valence-corrected chi connectivity index (χ2v) is 7.47. The molecule has 1 fully saturated rings. The second-order valence-electron chi connectivity index (χ2n) is 6.25. The van der Waals surface area contributed by atoms with Crippen LogP contribution in [0.4, 0.5) is 57.1 Å². The van der Waals surface area contributed by atoms with Crippen LogP contribution in [0.2, 0.25) is 0 Å². The first kappa shape index (κ1) is 27.4. The van der Waals surface area contributed by atoms with Gasteiger partial charge in [0.05, 0.1) is 13.2 Å². The third-order valence-electron chi connectivity index (χ3n) is 3.84. The molecule has 0 spiro atoms. The molecule has 0 amide bonds. The Bertz CT molecular complexity index is 561. The minimum atomic E-state index is -7.85. The molecule has 0 N–H and O–H groups in total.